The summed E-state index contributed by atoms with van der Waals surface area (Å²) in [7, 11) is -3.67. The molecule has 106 valence electrons. The summed E-state index contributed by atoms with van der Waals surface area (Å²) in [5.74, 6) is 5.29. The van der Waals surface area contributed by atoms with E-state index in [4.69, 9.17) is 10.4 Å². The molecule has 1 aromatic carbocycles. The maximum absolute atomic E-state index is 11.8. The second kappa shape index (κ2) is 7.06. The van der Waals surface area contributed by atoms with Crippen LogP contribution < -0.4 is 4.72 Å². The van der Waals surface area contributed by atoms with Gasteiger partial charge in [0.1, 0.15) is 6.61 Å². The minimum atomic E-state index is -3.67. The van der Waals surface area contributed by atoms with Gasteiger partial charge in [-0.25, -0.2) is 13.1 Å². The van der Waals surface area contributed by atoms with Crippen LogP contribution in [0.4, 0.5) is 0 Å². The number of hydrogen-bond acceptors (Lipinski definition) is 4. The maximum Gasteiger partial charge on any atom is 0.228 e. The molecule has 0 aromatic heterocycles. The molecule has 0 aliphatic rings. The van der Waals surface area contributed by atoms with Crippen LogP contribution in [-0.2, 0) is 10.0 Å². The van der Waals surface area contributed by atoms with Gasteiger partial charge in [-0.1, -0.05) is 24.0 Å². The van der Waals surface area contributed by atoms with Crippen LogP contribution in [0.2, 0.25) is 0 Å². The third kappa shape index (κ3) is 4.36. The molecule has 0 saturated carbocycles. The number of nitriles is 1. The molecular formula is C14H16N2O3S. The summed E-state index contributed by atoms with van der Waals surface area (Å²) in [6, 6.07) is 8.28. The Hall–Kier alpha value is -1.86. The third-order valence-corrected chi connectivity index (χ3v) is 4.41. The van der Waals surface area contributed by atoms with Crippen LogP contribution in [-0.4, -0.2) is 25.4 Å². The fourth-order valence-electron chi connectivity index (χ4n) is 1.51. The van der Waals surface area contributed by atoms with E-state index >= 15 is 0 Å². The molecule has 0 fully saturated rings. The monoisotopic (exact) mass is 292 g/mol. The zero-order valence-corrected chi connectivity index (χ0v) is 12.1. The Morgan fingerprint density at radius 1 is 1.40 bits per heavy atom. The molecule has 2 atom stereocenters. The zero-order chi connectivity index (χ0) is 15.2. The number of nitrogens with one attached hydrogen (secondary N) is 1. The Bertz CT molecular complexity index is 666. The average molecular weight is 292 g/mol. The van der Waals surface area contributed by atoms with Gasteiger partial charge in [0.2, 0.25) is 10.0 Å². The number of hydrogen-bond donors (Lipinski definition) is 2. The summed E-state index contributed by atoms with van der Waals surface area (Å²) < 4.78 is 26.1. The first-order chi connectivity index (χ1) is 9.40. The van der Waals surface area contributed by atoms with Crippen molar-refractivity contribution in [1.29, 1.82) is 5.26 Å². The van der Waals surface area contributed by atoms with Gasteiger partial charge in [0.05, 0.1) is 6.07 Å². The first kappa shape index (κ1) is 16.2. The van der Waals surface area contributed by atoms with E-state index in [1.807, 2.05) is 0 Å². The molecule has 2 unspecified atom stereocenters. The Balaban J connectivity index is 2.94. The van der Waals surface area contributed by atoms with Crippen LogP contribution in [0.5, 0.6) is 0 Å². The number of benzene rings is 1. The number of nitrogens with zero attached hydrogens (tertiary/aromatic N) is 1. The number of aliphatic hydroxyl groups is 1. The summed E-state index contributed by atoms with van der Waals surface area (Å²) in [5.41, 5.74) is 1.43. The van der Waals surface area contributed by atoms with Crippen molar-refractivity contribution in [3.63, 3.8) is 0 Å². The van der Waals surface area contributed by atoms with E-state index in [1.165, 1.54) is 6.92 Å². The lowest BCUT2D eigenvalue weighted by Gasteiger charge is -2.15. The normalized spacial score (nSPS) is 13.7. The van der Waals surface area contributed by atoms with E-state index in [0.717, 1.165) is 5.56 Å². The van der Waals surface area contributed by atoms with Crippen LogP contribution in [0.3, 0.4) is 0 Å². The van der Waals surface area contributed by atoms with Crippen molar-refractivity contribution in [2.24, 2.45) is 0 Å². The summed E-state index contributed by atoms with van der Waals surface area (Å²) >= 11 is 0. The van der Waals surface area contributed by atoms with Crippen LogP contribution >= 0.6 is 0 Å². The number of rotatable bonds is 4. The van der Waals surface area contributed by atoms with Gasteiger partial charge in [-0.2, -0.15) is 5.26 Å². The molecule has 1 aromatic rings. The molecule has 0 spiro atoms. The molecule has 0 aliphatic heterocycles. The Morgan fingerprint density at radius 2 is 2.10 bits per heavy atom. The molecule has 0 aliphatic carbocycles. The molecule has 0 radical (unpaired) electrons. The van der Waals surface area contributed by atoms with Gasteiger partial charge in [0.25, 0.3) is 0 Å². The van der Waals surface area contributed by atoms with Gasteiger partial charge in [0.15, 0.2) is 5.25 Å². The summed E-state index contributed by atoms with van der Waals surface area (Å²) in [6.07, 6.45) is 0. The predicted octanol–water partition coefficient (Wildman–Crippen LogP) is 0.923. The van der Waals surface area contributed by atoms with Crippen molar-refractivity contribution in [3.05, 3.63) is 35.4 Å². The molecule has 0 saturated heterocycles. The first-order valence-electron chi connectivity index (χ1n) is 6.01. The maximum atomic E-state index is 11.8. The van der Waals surface area contributed by atoms with Crippen molar-refractivity contribution < 1.29 is 13.5 Å². The molecule has 20 heavy (non-hydrogen) atoms. The van der Waals surface area contributed by atoms with E-state index in [-0.39, 0.29) is 6.61 Å². The summed E-state index contributed by atoms with van der Waals surface area (Å²) in [4.78, 5) is 0. The molecule has 5 nitrogen and oxygen atoms in total. The molecule has 1 rings (SSSR count). The Labute approximate surface area is 119 Å². The lowest BCUT2D eigenvalue weighted by Crippen LogP contribution is -2.33. The van der Waals surface area contributed by atoms with Gasteiger partial charge < -0.3 is 5.11 Å². The smallest absolute Gasteiger partial charge is 0.228 e. The average Bonchev–Trinajstić information content (AvgIpc) is 2.43. The van der Waals surface area contributed by atoms with Crippen LogP contribution in [0.1, 0.15) is 31.0 Å². The van der Waals surface area contributed by atoms with Crippen LogP contribution in [0.15, 0.2) is 24.3 Å². The van der Waals surface area contributed by atoms with Crippen molar-refractivity contribution in [3.8, 4) is 17.9 Å². The van der Waals surface area contributed by atoms with Crippen molar-refractivity contribution in [2.45, 2.75) is 25.1 Å². The lowest BCUT2D eigenvalue weighted by atomic mass is 10.1. The lowest BCUT2D eigenvalue weighted by molar-refractivity contribution is 0.350. The molecule has 0 amide bonds. The second-order valence-electron chi connectivity index (χ2n) is 4.24. The quantitative estimate of drug-likeness (QED) is 0.808. The van der Waals surface area contributed by atoms with E-state index in [9.17, 15) is 8.42 Å². The predicted molar refractivity (Wildman–Crippen MR) is 76.0 cm³/mol. The second-order valence-corrected chi connectivity index (χ2v) is 6.27. The largest absolute Gasteiger partial charge is 0.384 e. The third-order valence-electron chi connectivity index (χ3n) is 2.69. The number of sulfonamides is 1. The fourth-order valence-corrected chi connectivity index (χ4v) is 2.49. The van der Waals surface area contributed by atoms with Gasteiger partial charge in [0, 0.05) is 11.6 Å². The SMILES string of the molecule is CC(NS(=O)(=O)C(C)C#N)c1cccc(C#CCO)c1. The van der Waals surface area contributed by atoms with Crippen LogP contribution in [0, 0.1) is 23.2 Å². The highest BCUT2D eigenvalue weighted by Crippen LogP contribution is 2.16. The van der Waals surface area contributed by atoms with Gasteiger partial charge in [-0.05, 0) is 31.5 Å². The molecule has 0 heterocycles. The van der Waals surface area contributed by atoms with Gasteiger partial charge >= 0.3 is 0 Å². The standard InChI is InChI=1S/C14H16N2O3S/c1-11(10-15)20(18,19)16-12(2)14-7-3-5-13(9-14)6-4-8-17/h3,5,7,9,11-12,16-17H,8H2,1-2H3. The Kier molecular flexibility index (Phi) is 5.72. The zero-order valence-electron chi connectivity index (χ0n) is 11.3. The first-order valence-corrected chi connectivity index (χ1v) is 7.55. The topological polar surface area (TPSA) is 90.2 Å². The summed E-state index contributed by atoms with van der Waals surface area (Å²) in [5, 5.41) is 16.2. The van der Waals surface area contributed by atoms with Crippen molar-refractivity contribution in [1.82, 2.24) is 4.72 Å². The minimum Gasteiger partial charge on any atom is -0.384 e. The molecule has 0 bridgehead atoms. The highest BCUT2D eigenvalue weighted by molar-refractivity contribution is 7.90. The van der Waals surface area contributed by atoms with E-state index in [1.54, 1.807) is 37.3 Å². The highest BCUT2D eigenvalue weighted by Gasteiger charge is 2.22. The molecular weight excluding hydrogens is 276 g/mol. The van der Waals surface area contributed by atoms with Gasteiger partial charge in [-0.15, -0.1) is 0 Å². The van der Waals surface area contributed by atoms with Crippen molar-refractivity contribution >= 4 is 10.0 Å². The van der Waals surface area contributed by atoms with Crippen molar-refractivity contribution in [2.75, 3.05) is 6.61 Å². The van der Waals surface area contributed by atoms with Crippen LogP contribution in [0.25, 0.3) is 0 Å². The highest BCUT2D eigenvalue weighted by atomic mass is 32.2. The fraction of sp³-hybridized carbons (Fsp3) is 0.357. The Morgan fingerprint density at radius 3 is 2.70 bits per heavy atom. The van der Waals surface area contributed by atoms with Gasteiger partial charge in [-0.3, -0.25) is 0 Å². The molecule has 6 heteroatoms. The van der Waals surface area contributed by atoms with E-state index in [2.05, 4.69) is 16.6 Å². The minimum absolute atomic E-state index is 0.230. The molecule has 2 N–H and O–H groups in total. The number of aliphatic hydroxyl groups excluding tert-OH is 1. The summed E-state index contributed by atoms with van der Waals surface area (Å²) in [6.45, 7) is 2.80. The van der Waals surface area contributed by atoms with E-state index in [0.29, 0.717) is 5.56 Å². The van der Waals surface area contributed by atoms with E-state index < -0.39 is 21.3 Å².